The quantitative estimate of drug-likeness (QED) is 0.582. The van der Waals surface area contributed by atoms with Gasteiger partial charge >= 0.3 is 0 Å². The van der Waals surface area contributed by atoms with E-state index in [4.69, 9.17) is 9.47 Å². The maximum Gasteiger partial charge on any atom is 0.270 e. The number of nitrogens with zero attached hydrogens (tertiary/aromatic N) is 1. The smallest absolute Gasteiger partial charge is 0.270 e. The minimum atomic E-state index is -0.222. The average Bonchev–Trinajstić information content (AvgIpc) is 2.78. The third-order valence-electron chi connectivity index (χ3n) is 4.53. The monoisotopic (exact) mass is 391 g/mol. The highest BCUT2D eigenvalue weighted by molar-refractivity contribution is 5.92. The van der Waals surface area contributed by atoms with Crippen molar-refractivity contribution >= 4 is 11.6 Å². The van der Waals surface area contributed by atoms with Crippen LogP contribution in [0.15, 0.2) is 66.9 Å². The number of rotatable bonds is 9. The number of hydrogen-bond acceptors (Lipinski definition) is 5. The zero-order valence-electron chi connectivity index (χ0n) is 16.6. The molecule has 2 aromatic carbocycles. The molecule has 0 aliphatic carbocycles. The molecule has 0 unspecified atom stereocenters. The fraction of sp³-hybridized carbons (Fsp3) is 0.217. The summed E-state index contributed by atoms with van der Waals surface area (Å²) < 4.78 is 10.5. The normalized spacial score (nSPS) is 10.3. The predicted octanol–water partition coefficient (Wildman–Crippen LogP) is 3.68. The number of pyridine rings is 1. The molecule has 6 nitrogen and oxygen atoms in total. The molecule has 1 aromatic heterocycles. The van der Waals surface area contributed by atoms with Crippen LogP contribution in [0.4, 0.5) is 5.69 Å². The van der Waals surface area contributed by atoms with Crippen molar-refractivity contribution in [2.24, 2.45) is 0 Å². The van der Waals surface area contributed by atoms with Crippen LogP contribution in [-0.2, 0) is 13.0 Å². The second kappa shape index (κ2) is 10.1. The van der Waals surface area contributed by atoms with Crippen LogP contribution in [0.1, 0.15) is 21.6 Å². The molecule has 2 N–H and O–H groups in total. The summed E-state index contributed by atoms with van der Waals surface area (Å²) in [6.45, 7) is 1.15. The molecule has 0 aliphatic heterocycles. The Bertz CT molecular complexity index is 925. The zero-order chi connectivity index (χ0) is 20.5. The topological polar surface area (TPSA) is 72.5 Å². The number of para-hydroxylation sites is 1. The maximum absolute atomic E-state index is 12.3. The second-order valence-corrected chi connectivity index (χ2v) is 6.45. The standard InChI is InChI=1S/C23H25N3O3/c1-28-20-10-7-17(8-11-20)13-14-24-19-9-12-21(25-16-19)23(27)26-15-18-5-3-4-6-22(18)29-2/h3-12,16,24H,13-15H2,1-2H3,(H,26,27). The number of carbonyl (C=O) groups excluding carboxylic acids is 1. The van der Waals surface area contributed by atoms with Gasteiger partial charge in [0, 0.05) is 18.7 Å². The lowest BCUT2D eigenvalue weighted by molar-refractivity contribution is 0.0945. The molecule has 29 heavy (non-hydrogen) atoms. The van der Waals surface area contributed by atoms with Crippen LogP contribution >= 0.6 is 0 Å². The molecule has 0 fully saturated rings. The van der Waals surface area contributed by atoms with Crippen molar-refractivity contribution < 1.29 is 14.3 Å². The Morgan fingerprint density at radius 3 is 2.45 bits per heavy atom. The molecule has 3 aromatic rings. The van der Waals surface area contributed by atoms with E-state index in [1.54, 1.807) is 26.5 Å². The van der Waals surface area contributed by atoms with Gasteiger partial charge in [-0.2, -0.15) is 0 Å². The van der Waals surface area contributed by atoms with Gasteiger partial charge in [0.25, 0.3) is 5.91 Å². The van der Waals surface area contributed by atoms with Gasteiger partial charge in [-0.1, -0.05) is 30.3 Å². The van der Waals surface area contributed by atoms with E-state index in [9.17, 15) is 4.79 Å². The van der Waals surface area contributed by atoms with Crippen molar-refractivity contribution in [2.75, 3.05) is 26.1 Å². The molecule has 0 saturated heterocycles. The highest BCUT2D eigenvalue weighted by Gasteiger charge is 2.09. The molecule has 0 atom stereocenters. The summed E-state index contributed by atoms with van der Waals surface area (Å²) in [6.07, 6.45) is 2.55. The van der Waals surface area contributed by atoms with E-state index in [2.05, 4.69) is 15.6 Å². The first-order chi connectivity index (χ1) is 14.2. The Morgan fingerprint density at radius 2 is 1.76 bits per heavy atom. The van der Waals surface area contributed by atoms with Gasteiger partial charge in [0.05, 0.1) is 26.1 Å². The van der Waals surface area contributed by atoms with Crippen LogP contribution in [0.25, 0.3) is 0 Å². The van der Waals surface area contributed by atoms with Crippen LogP contribution in [0.5, 0.6) is 11.5 Å². The number of ether oxygens (including phenoxy) is 2. The van der Waals surface area contributed by atoms with Crippen molar-refractivity contribution in [1.29, 1.82) is 0 Å². The fourth-order valence-electron chi connectivity index (χ4n) is 2.89. The number of amides is 1. The molecule has 0 aliphatic rings. The van der Waals surface area contributed by atoms with Crippen LogP contribution in [0, 0.1) is 0 Å². The lowest BCUT2D eigenvalue weighted by atomic mass is 10.1. The van der Waals surface area contributed by atoms with Crippen LogP contribution in [-0.4, -0.2) is 31.7 Å². The van der Waals surface area contributed by atoms with Gasteiger partial charge in [-0.3, -0.25) is 4.79 Å². The van der Waals surface area contributed by atoms with Crippen molar-refractivity contribution in [1.82, 2.24) is 10.3 Å². The van der Waals surface area contributed by atoms with Gasteiger partial charge in [-0.15, -0.1) is 0 Å². The Balaban J connectivity index is 1.48. The molecular formula is C23H25N3O3. The summed E-state index contributed by atoms with van der Waals surface area (Å²) in [5.74, 6) is 1.38. The first kappa shape index (κ1) is 20.2. The number of benzene rings is 2. The fourth-order valence-corrected chi connectivity index (χ4v) is 2.89. The van der Waals surface area contributed by atoms with E-state index in [-0.39, 0.29) is 5.91 Å². The first-order valence-electron chi connectivity index (χ1n) is 9.42. The van der Waals surface area contributed by atoms with Crippen molar-refractivity contribution in [2.45, 2.75) is 13.0 Å². The zero-order valence-corrected chi connectivity index (χ0v) is 16.6. The van der Waals surface area contributed by atoms with Gasteiger partial charge in [0.1, 0.15) is 17.2 Å². The van der Waals surface area contributed by atoms with Crippen LogP contribution in [0.3, 0.4) is 0 Å². The third kappa shape index (κ3) is 5.72. The Hall–Kier alpha value is -3.54. The van der Waals surface area contributed by atoms with Crippen molar-refractivity contribution in [3.63, 3.8) is 0 Å². The largest absolute Gasteiger partial charge is 0.497 e. The van der Waals surface area contributed by atoms with Crippen molar-refractivity contribution in [3.8, 4) is 11.5 Å². The summed E-state index contributed by atoms with van der Waals surface area (Å²) in [4.78, 5) is 16.6. The highest BCUT2D eigenvalue weighted by Crippen LogP contribution is 2.17. The van der Waals surface area contributed by atoms with E-state index >= 15 is 0 Å². The molecular weight excluding hydrogens is 366 g/mol. The first-order valence-corrected chi connectivity index (χ1v) is 9.42. The molecule has 6 heteroatoms. The van der Waals surface area contributed by atoms with Crippen molar-refractivity contribution in [3.05, 3.63) is 83.7 Å². The molecule has 1 heterocycles. The summed E-state index contributed by atoms with van der Waals surface area (Å²) >= 11 is 0. The summed E-state index contributed by atoms with van der Waals surface area (Å²) in [5, 5.41) is 6.19. The minimum absolute atomic E-state index is 0.222. The van der Waals surface area contributed by atoms with Crippen LogP contribution in [0.2, 0.25) is 0 Å². The molecule has 150 valence electrons. The molecule has 3 rings (SSSR count). The number of aromatic nitrogens is 1. The second-order valence-electron chi connectivity index (χ2n) is 6.45. The van der Waals surface area contributed by atoms with Gasteiger partial charge in [-0.05, 0) is 42.3 Å². The third-order valence-corrected chi connectivity index (χ3v) is 4.53. The van der Waals surface area contributed by atoms with Gasteiger partial charge in [0.2, 0.25) is 0 Å². The Labute approximate surface area is 170 Å². The van der Waals surface area contributed by atoms with Gasteiger partial charge < -0.3 is 20.1 Å². The average molecular weight is 391 g/mol. The highest BCUT2D eigenvalue weighted by atomic mass is 16.5. The van der Waals surface area contributed by atoms with Crippen LogP contribution < -0.4 is 20.1 Å². The lowest BCUT2D eigenvalue weighted by Gasteiger charge is -2.10. The molecule has 1 amide bonds. The molecule has 0 bridgehead atoms. The lowest BCUT2D eigenvalue weighted by Crippen LogP contribution is -2.24. The van der Waals surface area contributed by atoms with E-state index in [1.165, 1.54) is 5.56 Å². The number of anilines is 1. The number of nitrogens with one attached hydrogen (secondary N) is 2. The summed E-state index contributed by atoms with van der Waals surface area (Å²) in [7, 11) is 3.27. The number of carbonyl (C=O) groups is 1. The van der Waals surface area contributed by atoms with E-state index in [1.807, 2.05) is 54.6 Å². The molecule has 0 saturated carbocycles. The molecule has 0 spiro atoms. The summed E-state index contributed by atoms with van der Waals surface area (Å²) in [6, 6.07) is 19.2. The van der Waals surface area contributed by atoms with E-state index < -0.39 is 0 Å². The number of methoxy groups -OCH3 is 2. The maximum atomic E-state index is 12.3. The minimum Gasteiger partial charge on any atom is -0.497 e. The van der Waals surface area contributed by atoms with Gasteiger partial charge in [0.15, 0.2) is 0 Å². The van der Waals surface area contributed by atoms with E-state index in [0.29, 0.717) is 12.2 Å². The Morgan fingerprint density at radius 1 is 0.966 bits per heavy atom. The van der Waals surface area contributed by atoms with Gasteiger partial charge in [-0.25, -0.2) is 4.98 Å². The number of hydrogen-bond donors (Lipinski definition) is 2. The Kier molecular flexibility index (Phi) is 7.05. The molecule has 0 radical (unpaired) electrons. The summed E-state index contributed by atoms with van der Waals surface area (Å²) in [5.41, 5.74) is 3.39. The SMILES string of the molecule is COc1ccc(CCNc2ccc(C(=O)NCc3ccccc3OC)nc2)cc1. The van der Waals surface area contributed by atoms with E-state index in [0.717, 1.165) is 35.7 Å². The predicted molar refractivity (Wildman–Crippen MR) is 114 cm³/mol.